The fourth-order valence-corrected chi connectivity index (χ4v) is 4.00. The predicted octanol–water partition coefficient (Wildman–Crippen LogP) is 7.70. The molecular weight excluding hydrogens is 444 g/mol. The van der Waals surface area contributed by atoms with Crippen LogP contribution in [0, 0.1) is 5.92 Å². The zero-order valence-corrected chi connectivity index (χ0v) is 23.5. The van der Waals surface area contributed by atoms with Gasteiger partial charge in [0, 0.05) is 19.3 Å². The maximum atomic E-state index is 12.0. The van der Waals surface area contributed by atoms with Gasteiger partial charge in [0.15, 0.2) is 0 Å². The Kier molecular flexibility index (Phi) is 20.7. The molecule has 0 aliphatic rings. The lowest BCUT2D eigenvalue weighted by Crippen LogP contribution is -2.23. The quantitative estimate of drug-likeness (QED) is 0.0864. The van der Waals surface area contributed by atoms with E-state index in [1.54, 1.807) is 0 Å². The van der Waals surface area contributed by atoms with Gasteiger partial charge in [-0.25, -0.2) is 0 Å². The van der Waals surface area contributed by atoms with E-state index in [0.29, 0.717) is 38.4 Å². The fourth-order valence-electron chi connectivity index (χ4n) is 4.00. The Bertz CT molecular complexity index is 520. The second kappa shape index (κ2) is 21.7. The molecule has 206 valence electrons. The molecule has 0 spiro atoms. The third-order valence-electron chi connectivity index (χ3n) is 5.92. The molecule has 0 aromatic heterocycles. The zero-order valence-electron chi connectivity index (χ0n) is 23.5. The van der Waals surface area contributed by atoms with Gasteiger partial charge in [-0.1, -0.05) is 52.4 Å². The van der Waals surface area contributed by atoms with E-state index in [9.17, 15) is 14.4 Å². The largest absolute Gasteiger partial charge is 0.466 e. The summed E-state index contributed by atoms with van der Waals surface area (Å²) < 4.78 is 16.1. The highest BCUT2D eigenvalue weighted by Gasteiger charge is 2.17. The molecule has 0 N–H and O–H groups in total. The van der Waals surface area contributed by atoms with Gasteiger partial charge in [-0.3, -0.25) is 14.4 Å². The van der Waals surface area contributed by atoms with Crippen molar-refractivity contribution in [3.8, 4) is 0 Å². The minimum atomic E-state index is -0.468. The summed E-state index contributed by atoms with van der Waals surface area (Å²) >= 11 is 0. The van der Waals surface area contributed by atoms with Crippen LogP contribution < -0.4 is 0 Å². The number of carbonyl (C=O) groups excluding carboxylic acids is 3. The van der Waals surface area contributed by atoms with Crippen LogP contribution in [0.3, 0.4) is 0 Å². The van der Waals surface area contributed by atoms with Gasteiger partial charge in [0.05, 0.1) is 13.2 Å². The van der Waals surface area contributed by atoms with Crippen LogP contribution in [0.4, 0.5) is 0 Å². The smallest absolute Gasteiger partial charge is 0.306 e. The molecule has 0 saturated heterocycles. The van der Waals surface area contributed by atoms with Crippen molar-refractivity contribution in [2.75, 3.05) is 13.2 Å². The van der Waals surface area contributed by atoms with E-state index >= 15 is 0 Å². The number of esters is 3. The number of hydrogen-bond donors (Lipinski definition) is 0. The van der Waals surface area contributed by atoms with Gasteiger partial charge < -0.3 is 14.2 Å². The lowest BCUT2D eigenvalue weighted by molar-refractivity contribution is -0.155. The number of unbranched alkanes of at least 4 members (excludes halogenated alkanes) is 6. The molecule has 0 amide bonds. The summed E-state index contributed by atoms with van der Waals surface area (Å²) in [7, 11) is 0. The Morgan fingerprint density at radius 1 is 0.571 bits per heavy atom. The van der Waals surface area contributed by atoms with Crippen molar-refractivity contribution in [2.45, 2.75) is 149 Å². The monoisotopic (exact) mass is 498 g/mol. The van der Waals surface area contributed by atoms with E-state index < -0.39 is 5.60 Å². The summed E-state index contributed by atoms with van der Waals surface area (Å²) in [5.74, 6) is -0.0528. The van der Waals surface area contributed by atoms with E-state index in [2.05, 4.69) is 13.8 Å². The molecule has 0 rings (SSSR count). The molecule has 0 atom stereocenters. The summed E-state index contributed by atoms with van der Waals surface area (Å²) in [5.41, 5.74) is -0.468. The highest BCUT2D eigenvalue weighted by atomic mass is 16.6. The number of rotatable bonds is 22. The van der Waals surface area contributed by atoms with Crippen molar-refractivity contribution >= 4 is 17.9 Å². The Labute approximate surface area is 215 Å². The van der Waals surface area contributed by atoms with Crippen molar-refractivity contribution in [1.82, 2.24) is 0 Å². The molecule has 6 heteroatoms. The molecule has 0 aliphatic carbocycles. The first-order valence-electron chi connectivity index (χ1n) is 14.2. The lowest BCUT2D eigenvalue weighted by Gasteiger charge is -2.20. The van der Waals surface area contributed by atoms with Gasteiger partial charge in [0.1, 0.15) is 5.60 Å². The van der Waals surface area contributed by atoms with E-state index in [1.807, 2.05) is 20.8 Å². The molecule has 0 aromatic rings. The number of hydrogen-bond acceptors (Lipinski definition) is 6. The van der Waals surface area contributed by atoms with Crippen LogP contribution in [-0.2, 0) is 28.6 Å². The van der Waals surface area contributed by atoms with Crippen molar-refractivity contribution in [3.05, 3.63) is 0 Å². The molecule has 0 fully saturated rings. The van der Waals surface area contributed by atoms with Crippen molar-refractivity contribution in [2.24, 2.45) is 5.92 Å². The standard InChI is InChI=1S/C29H54O6/c1-6-8-10-12-23-33-26(30)20-14-17-25(19-16-22-28(32)35-29(3,4)5)18-15-21-27(31)34-24-13-11-9-7-2/h25H,6-24H2,1-5H3. The Balaban J connectivity index is 4.34. The summed E-state index contributed by atoms with van der Waals surface area (Å²) in [4.78, 5) is 36.1. The fraction of sp³-hybridized carbons (Fsp3) is 0.897. The maximum absolute atomic E-state index is 12.0. The average Bonchev–Trinajstić information content (AvgIpc) is 2.77. The molecular formula is C29H54O6. The first kappa shape index (κ1) is 33.4. The highest BCUT2D eigenvalue weighted by molar-refractivity contribution is 5.70. The summed E-state index contributed by atoms with van der Waals surface area (Å²) in [5, 5.41) is 0. The van der Waals surface area contributed by atoms with Gasteiger partial charge >= 0.3 is 17.9 Å². The minimum Gasteiger partial charge on any atom is -0.466 e. The van der Waals surface area contributed by atoms with Crippen molar-refractivity contribution < 1.29 is 28.6 Å². The van der Waals surface area contributed by atoms with Gasteiger partial charge in [0.2, 0.25) is 0 Å². The third-order valence-corrected chi connectivity index (χ3v) is 5.92. The first-order valence-corrected chi connectivity index (χ1v) is 14.2. The molecule has 0 unspecified atom stereocenters. The van der Waals surface area contributed by atoms with Gasteiger partial charge in [-0.2, -0.15) is 0 Å². The van der Waals surface area contributed by atoms with Gasteiger partial charge in [0.25, 0.3) is 0 Å². The lowest BCUT2D eigenvalue weighted by atomic mass is 9.91. The SMILES string of the molecule is CCCCCCOC(=O)CCCC(CCCC(=O)OCCCCCC)CCCC(=O)OC(C)(C)C. The molecule has 6 nitrogen and oxygen atoms in total. The molecule has 0 radical (unpaired) electrons. The minimum absolute atomic E-state index is 0.124. The summed E-state index contributed by atoms with van der Waals surface area (Å²) in [6, 6.07) is 0. The zero-order chi connectivity index (χ0) is 26.4. The highest BCUT2D eigenvalue weighted by Crippen LogP contribution is 2.23. The second-order valence-corrected chi connectivity index (χ2v) is 10.7. The molecule has 0 heterocycles. The molecule has 35 heavy (non-hydrogen) atoms. The predicted molar refractivity (Wildman–Crippen MR) is 141 cm³/mol. The maximum Gasteiger partial charge on any atom is 0.306 e. The van der Waals surface area contributed by atoms with E-state index in [4.69, 9.17) is 14.2 Å². The Morgan fingerprint density at radius 2 is 0.971 bits per heavy atom. The molecule has 0 aromatic carbocycles. The van der Waals surface area contributed by atoms with E-state index in [0.717, 1.165) is 64.2 Å². The summed E-state index contributed by atoms with van der Waals surface area (Å²) in [6.45, 7) is 11.0. The third kappa shape index (κ3) is 23.9. The number of carbonyl (C=O) groups is 3. The van der Waals surface area contributed by atoms with Crippen LogP contribution >= 0.6 is 0 Å². The van der Waals surface area contributed by atoms with Crippen LogP contribution in [0.25, 0.3) is 0 Å². The molecule has 0 aliphatic heterocycles. The summed E-state index contributed by atoms with van der Waals surface area (Å²) in [6.07, 6.45) is 15.0. The Morgan fingerprint density at radius 3 is 1.34 bits per heavy atom. The van der Waals surface area contributed by atoms with E-state index in [-0.39, 0.29) is 17.9 Å². The van der Waals surface area contributed by atoms with Gasteiger partial charge in [-0.05, 0) is 78.1 Å². The number of ether oxygens (including phenoxy) is 3. The second-order valence-electron chi connectivity index (χ2n) is 10.7. The van der Waals surface area contributed by atoms with E-state index in [1.165, 1.54) is 25.7 Å². The van der Waals surface area contributed by atoms with Crippen LogP contribution in [-0.4, -0.2) is 36.7 Å². The van der Waals surface area contributed by atoms with Crippen LogP contribution in [0.1, 0.15) is 144 Å². The van der Waals surface area contributed by atoms with Crippen LogP contribution in [0.15, 0.2) is 0 Å². The average molecular weight is 499 g/mol. The molecule has 0 saturated carbocycles. The Hall–Kier alpha value is -1.59. The van der Waals surface area contributed by atoms with Crippen LogP contribution in [0.2, 0.25) is 0 Å². The van der Waals surface area contributed by atoms with Gasteiger partial charge in [-0.15, -0.1) is 0 Å². The van der Waals surface area contributed by atoms with Crippen molar-refractivity contribution in [3.63, 3.8) is 0 Å². The normalized spacial score (nSPS) is 11.5. The topological polar surface area (TPSA) is 78.9 Å². The molecule has 0 bridgehead atoms. The van der Waals surface area contributed by atoms with Crippen molar-refractivity contribution in [1.29, 1.82) is 0 Å². The van der Waals surface area contributed by atoms with Crippen LogP contribution in [0.5, 0.6) is 0 Å². The first-order chi connectivity index (χ1) is 16.7.